The van der Waals surface area contributed by atoms with E-state index in [2.05, 4.69) is 15.3 Å². The molecule has 100 valence electrons. The van der Waals surface area contributed by atoms with Crippen LogP contribution in [-0.2, 0) is 9.84 Å². The van der Waals surface area contributed by atoms with E-state index in [4.69, 9.17) is 5.11 Å². The molecule has 0 aliphatic heterocycles. The van der Waals surface area contributed by atoms with E-state index in [1.165, 1.54) is 0 Å². The first-order valence-corrected chi connectivity index (χ1v) is 7.10. The van der Waals surface area contributed by atoms with Crippen LogP contribution in [0.3, 0.4) is 0 Å². The van der Waals surface area contributed by atoms with Crippen LogP contribution in [0.5, 0.6) is 0 Å². The van der Waals surface area contributed by atoms with Gasteiger partial charge in [0.1, 0.15) is 9.84 Å². The zero-order chi connectivity index (χ0) is 13.8. The topological polar surface area (TPSA) is 129 Å². The number of amides is 1. The van der Waals surface area contributed by atoms with Crippen LogP contribution >= 0.6 is 0 Å². The van der Waals surface area contributed by atoms with Crippen LogP contribution in [0.2, 0.25) is 0 Å². The average Bonchev–Trinajstić information content (AvgIpc) is 2.71. The summed E-state index contributed by atoms with van der Waals surface area (Å²) in [7, 11) is -3.06. The SMILES string of the molecule is CS(=O)(=O)CCCNC(=O)c1nc[nH]c1C(=O)O. The molecule has 0 fully saturated rings. The second-order valence-corrected chi connectivity index (χ2v) is 5.93. The highest BCUT2D eigenvalue weighted by Crippen LogP contribution is 2.02. The number of aromatic amines is 1. The fraction of sp³-hybridized carbons (Fsp3) is 0.444. The molecular formula is C9H13N3O5S. The van der Waals surface area contributed by atoms with Crippen molar-refractivity contribution in [2.24, 2.45) is 0 Å². The lowest BCUT2D eigenvalue weighted by molar-refractivity contribution is 0.0685. The minimum Gasteiger partial charge on any atom is -0.477 e. The molecule has 1 aromatic rings. The summed E-state index contributed by atoms with van der Waals surface area (Å²) in [5.74, 6) is -1.98. The summed E-state index contributed by atoms with van der Waals surface area (Å²) in [5, 5.41) is 11.2. The number of hydrogen-bond acceptors (Lipinski definition) is 5. The fourth-order valence-electron chi connectivity index (χ4n) is 1.25. The van der Waals surface area contributed by atoms with Gasteiger partial charge in [-0.25, -0.2) is 18.2 Å². The summed E-state index contributed by atoms with van der Waals surface area (Å²) in [4.78, 5) is 28.2. The summed E-state index contributed by atoms with van der Waals surface area (Å²) in [6.45, 7) is 0.137. The monoisotopic (exact) mass is 275 g/mol. The summed E-state index contributed by atoms with van der Waals surface area (Å²) < 4.78 is 21.7. The minimum atomic E-state index is -3.06. The molecule has 8 nitrogen and oxygen atoms in total. The maximum absolute atomic E-state index is 11.5. The van der Waals surface area contributed by atoms with Gasteiger partial charge in [0.05, 0.1) is 12.1 Å². The molecule has 0 aliphatic rings. The maximum Gasteiger partial charge on any atom is 0.354 e. The summed E-state index contributed by atoms with van der Waals surface area (Å²) in [5.41, 5.74) is -0.516. The Morgan fingerprint density at radius 2 is 2.17 bits per heavy atom. The highest BCUT2D eigenvalue weighted by Gasteiger charge is 2.19. The van der Waals surface area contributed by atoms with E-state index in [1.54, 1.807) is 0 Å². The van der Waals surface area contributed by atoms with E-state index in [-0.39, 0.29) is 30.1 Å². The standard InChI is InChI=1S/C9H13N3O5S/c1-18(16,17)4-2-3-10-8(13)6-7(9(14)15)12-5-11-6/h5H,2-4H2,1H3,(H,10,13)(H,11,12)(H,14,15). The Labute approximate surface area is 103 Å². The number of carboxylic acid groups (broad SMARTS) is 1. The van der Waals surface area contributed by atoms with Gasteiger partial charge < -0.3 is 15.4 Å². The van der Waals surface area contributed by atoms with Crippen molar-refractivity contribution in [3.05, 3.63) is 17.7 Å². The molecule has 1 amide bonds. The average molecular weight is 275 g/mol. The highest BCUT2D eigenvalue weighted by molar-refractivity contribution is 7.90. The van der Waals surface area contributed by atoms with Crippen molar-refractivity contribution >= 4 is 21.7 Å². The Bertz CT molecular complexity index is 548. The van der Waals surface area contributed by atoms with Gasteiger partial charge in [0.25, 0.3) is 5.91 Å². The van der Waals surface area contributed by atoms with Crippen LogP contribution in [0.25, 0.3) is 0 Å². The number of imidazole rings is 1. The van der Waals surface area contributed by atoms with Crippen molar-refractivity contribution in [2.45, 2.75) is 6.42 Å². The van der Waals surface area contributed by atoms with Crippen molar-refractivity contribution in [2.75, 3.05) is 18.6 Å². The maximum atomic E-state index is 11.5. The zero-order valence-corrected chi connectivity index (χ0v) is 10.5. The number of aromatic carboxylic acids is 1. The summed E-state index contributed by atoms with van der Waals surface area (Å²) in [6, 6.07) is 0. The van der Waals surface area contributed by atoms with Gasteiger partial charge in [-0.3, -0.25) is 4.79 Å². The van der Waals surface area contributed by atoms with Gasteiger partial charge in [-0.15, -0.1) is 0 Å². The largest absolute Gasteiger partial charge is 0.477 e. The smallest absolute Gasteiger partial charge is 0.354 e. The van der Waals surface area contributed by atoms with Gasteiger partial charge in [-0.05, 0) is 6.42 Å². The Kier molecular flexibility index (Phi) is 4.43. The fourth-order valence-corrected chi connectivity index (χ4v) is 1.92. The summed E-state index contributed by atoms with van der Waals surface area (Å²) in [6.07, 6.45) is 2.47. The number of H-pyrrole nitrogens is 1. The molecule has 9 heteroatoms. The molecule has 1 rings (SSSR count). The molecule has 0 radical (unpaired) electrons. The van der Waals surface area contributed by atoms with Gasteiger partial charge in [-0.1, -0.05) is 0 Å². The van der Waals surface area contributed by atoms with Crippen LogP contribution in [-0.4, -0.2) is 53.9 Å². The molecule has 0 bridgehead atoms. The lowest BCUT2D eigenvalue weighted by Crippen LogP contribution is -2.27. The number of hydrogen-bond donors (Lipinski definition) is 3. The third-order valence-electron chi connectivity index (χ3n) is 2.05. The van der Waals surface area contributed by atoms with Crippen molar-refractivity contribution in [1.82, 2.24) is 15.3 Å². The number of rotatable bonds is 6. The van der Waals surface area contributed by atoms with Crippen LogP contribution in [0.4, 0.5) is 0 Å². The molecule has 0 unspecified atom stereocenters. The first-order chi connectivity index (χ1) is 8.31. The van der Waals surface area contributed by atoms with Gasteiger partial charge >= 0.3 is 5.97 Å². The molecule has 3 N–H and O–H groups in total. The van der Waals surface area contributed by atoms with Crippen molar-refractivity contribution < 1.29 is 23.1 Å². The van der Waals surface area contributed by atoms with Gasteiger partial charge in [0, 0.05) is 12.8 Å². The molecule has 0 saturated carbocycles. The number of aromatic nitrogens is 2. The number of nitrogens with zero attached hydrogens (tertiary/aromatic N) is 1. The molecule has 0 spiro atoms. The van der Waals surface area contributed by atoms with E-state index in [0.29, 0.717) is 0 Å². The molecular weight excluding hydrogens is 262 g/mol. The first-order valence-electron chi connectivity index (χ1n) is 5.04. The van der Waals surface area contributed by atoms with Crippen LogP contribution < -0.4 is 5.32 Å². The van der Waals surface area contributed by atoms with Gasteiger partial charge in [0.15, 0.2) is 11.4 Å². The Hall–Kier alpha value is -1.90. The zero-order valence-electron chi connectivity index (χ0n) is 9.63. The highest BCUT2D eigenvalue weighted by atomic mass is 32.2. The molecule has 0 saturated heterocycles. The Morgan fingerprint density at radius 1 is 1.50 bits per heavy atom. The second-order valence-electron chi connectivity index (χ2n) is 3.67. The van der Waals surface area contributed by atoms with Crippen LogP contribution in [0.1, 0.15) is 27.4 Å². The van der Waals surface area contributed by atoms with E-state index in [0.717, 1.165) is 12.6 Å². The van der Waals surface area contributed by atoms with Crippen molar-refractivity contribution in [3.8, 4) is 0 Å². The van der Waals surface area contributed by atoms with E-state index in [1.807, 2.05) is 0 Å². The number of carbonyl (C=O) groups excluding carboxylic acids is 1. The molecule has 1 heterocycles. The molecule has 0 atom stereocenters. The number of sulfone groups is 1. The van der Waals surface area contributed by atoms with Crippen LogP contribution in [0.15, 0.2) is 6.33 Å². The van der Waals surface area contributed by atoms with Crippen LogP contribution in [0, 0.1) is 0 Å². The minimum absolute atomic E-state index is 0.0420. The second kappa shape index (κ2) is 5.63. The number of nitrogens with one attached hydrogen (secondary N) is 2. The summed E-state index contributed by atoms with van der Waals surface area (Å²) >= 11 is 0. The molecule has 0 aromatic carbocycles. The van der Waals surface area contributed by atoms with Crippen molar-refractivity contribution in [3.63, 3.8) is 0 Å². The van der Waals surface area contributed by atoms with E-state index in [9.17, 15) is 18.0 Å². The predicted octanol–water partition coefficient (Wildman–Crippen LogP) is -0.728. The quantitative estimate of drug-likeness (QED) is 0.587. The third-order valence-corrected chi connectivity index (χ3v) is 3.08. The third kappa shape index (κ3) is 4.17. The van der Waals surface area contributed by atoms with Gasteiger partial charge in [-0.2, -0.15) is 0 Å². The number of carboxylic acids is 1. The van der Waals surface area contributed by atoms with E-state index < -0.39 is 21.7 Å². The molecule has 0 aliphatic carbocycles. The predicted molar refractivity (Wildman–Crippen MR) is 62.2 cm³/mol. The first kappa shape index (κ1) is 14.2. The Morgan fingerprint density at radius 3 is 2.72 bits per heavy atom. The lowest BCUT2D eigenvalue weighted by Gasteiger charge is -2.03. The normalized spacial score (nSPS) is 11.2. The molecule has 1 aromatic heterocycles. The van der Waals surface area contributed by atoms with Crippen molar-refractivity contribution in [1.29, 1.82) is 0 Å². The van der Waals surface area contributed by atoms with E-state index >= 15 is 0 Å². The molecule has 18 heavy (non-hydrogen) atoms. The Balaban J connectivity index is 2.51. The lowest BCUT2D eigenvalue weighted by atomic mass is 10.3. The number of carbonyl (C=O) groups is 2. The van der Waals surface area contributed by atoms with Gasteiger partial charge in [0.2, 0.25) is 0 Å².